The number of aromatic nitrogens is 3. The zero-order valence-corrected chi connectivity index (χ0v) is 8.82. The molecule has 2 aromatic rings. The minimum atomic E-state index is -0.795. The van der Waals surface area contributed by atoms with E-state index in [1.54, 1.807) is 0 Å². The van der Waals surface area contributed by atoms with Crippen LogP contribution in [0.3, 0.4) is 0 Å². The van der Waals surface area contributed by atoms with E-state index in [4.69, 9.17) is 5.73 Å². The second kappa shape index (κ2) is 4.13. The Morgan fingerprint density at radius 2 is 2.17 bits per heavy atom. The number of rotatable bonds is 3. The van der Waals surface area contributed by atoms with Crippen molar-refractivity contribution in [2.75, 3.05) is 0 Å². The lowest BCUT2D eigenvalue weighted by Crippen LogP contribution is -2.12. The van der Waals surface area contributed by atoms with E-state index in [-0.39, 0.29) is 11.4 Å². The highest BCUT2D eigenvalue weighted by atomic mass is 16.6. The molecule has 0 atom stereocenters. The zero-order chi connectivity index (χ0) is 13.3. The monoisotopic (exact) mass is 249 g/mol. The molecule has 1 heterocycles. The predicted octanol–water partition coefficient (Wildman–Crippen LogP) is 0.184. The molecule has 18 heavy (non-hydrogen) atoms. The molecule has 0 saturated heterocycles. The van der Waals surface area contributed by atoms with Crippen molar-refractivity contribution in [3.63, 3.8) is 0 Å². The number of aromatic amines is 1. The Hall–Kier alpha value is -2.97. The minimum absolute atomic E-state index is 0.108. The van der Waals surface area contributed by atoms with Crippen LogP contribution in [0.4, 0.5) is 5.69 Å². The van der Waals surface area contributed by atoms with Crippen molar-refractivity contribution in [3.05, 3.63) is 34.0 Å². The first kappa shape index (κ1) is 11.5. The van der Waals surface area contributed by atoms with Crippen molar-refractivity contribution in [2.24, 2.45) is 5.73 Å². The number of phenolic OH excluding ortho intramolecular Hbond substituents is 1. The van der Waals surface area contributed by atoms with Gasteiger partial charge in [0.15, 0.2) is 11.4 Å². The highest BCUT2D eigenvalue weighted by Crippen LogP contribution is 2.31. The number of hydrogen-bond donors (Lipinski definition) is 3. The third-order valence-electron chi connectivity index (χ3n) is 2.23. The summed E-state index contributed by atoms with van der Waals surface area (Å²) < 4.78 is 0. The van der Waals surface area contributed by atoms with Gasteiger partial charge in [-0.2, -0.15) is 15.4 Å². The van der Waals surface area contributed by atoms with Gasteiger partial charge in [0, 0.05) is 11.6 Å². The van der Waals surface area contributed by atoms with Crippen molar-refractivity contribution >= 4 is 11.6 Å². The number of nitro benzene ring substituents is 1. The van der Waals surface area contributed by atoms with E-state index in [0.717, 1.165) is 12.1 Å². The predicted molar refractivity (Wildman–Crippen MR) is 58.7 cm³/mol. The fourth-order valence-electron chi connectivity index (χ4n) is 1.43. The van der Waals surface area contributed by atoms with Gasteiger partial charge in [0.1, 0.15) is 5.69 Å². The first-order valence-corrected chi connectivity index (χ1v) is 4.69. The maximum absolute atomic E-state index is 11.0. The summed E-state index contributed by atoms with van der Waals surface area (Å²) in [5, 5.41) is 29.5. The minimum Gasteiger partial charge on any atom is -0.502 e. The molecule has 0 bridgehead atoms. The van der Waals surface area contributed by atoms with E-state index in [1.807, 2.05) is 0 Å². The molecule has 0 aliphatic carbocycles. The van der Waals surface area contributed by atoms with E-state index in [1.165, 1.54) is 6.07 Å². The normalized spacial score (nSPS) is 10.2. The van der Waals surface area contributed by atoms with Gasteiger partial charge in [-0.05, 0) is 12.1 Å². The van der Waals surface area contributed by atoms with Crippen LogP contribution >= 0.6 is 0 Å². The number of nitrogens with two attached hydrogens (primary N) is 1. The molecule has 2 rings (SSSR count). The number of phenols is 1. The van der Waals surface area contributed by atoms with Crippen molar-refractivity contribution in [1.82, 2.24) is 15.4 Å². The molecule has 0 unspecified atom stereocenters. The lowest BCUT2D eigenvalue weighted by molar-refractivity contribution is -0.385. The topological polar surface area (TPSA) is 148 Å². The molecule has 0 spiro atoms. The highest BCUT2D eigenvalue weighted by Gasteiger charge is 2.19. The van der Waals surface area contributed by atoms with Crippen molar-refractivity contribution in [1.29, 1.82) is 0 Å². The molecule has 92 valence electrons. The van der Waals surface area contributed by atoms with Crippen LogP contribution in [-0.4, -0.2) is 31.3 Å². The second-order valence-electron chi connectivity index (χ2n) is 3.35. The third-order valence-corrected chi connectivity index (χ3v) is 2.23. The summed E-state index contributed by atoms with van der Waals surface area (Å²) >= 11 is 0. The van der Waals surface area contributed by atoms with E-state index in [9.17, 15) is 20.0 Å². The number of hydrogen-bond acceptors (Lipinski definition) is 6. The quantitative estimate of drug-likeness (QED) is 0.522. The number of nitro groups is 1. The summed E-state index contributed by atoms with van der Waals surface area (Å²) in [6, 6.07) is 3.55. The SMILES string of the molecule is NC(=O)c1n[nH]nc1-c1ccc([N+](=O)[O-])c(O)c1. The molecule has 1 aromatic carbocycles. The number of H-pyrrole nitrogens is 1. The molecular formula is C9H7N5O4. The fraction of sp³-hybridized carbons (Fsp3) is 0. The molecule has 0 aliphatic rings. The van der Waals surface area contributed by atoms with Crippen molar-refractivity contribution in [2.45, 2.75) is 0 Å². The Balaban J connectivity index is 2.52. The zero-order valence-electron chi connectivity index (χ0n) is 8.82. The Bertz CT molecular complexity index is 636. The van der Waals surface area contributed by atoms with Gasteiger partial charge in [0.25, 0.3) is 5.91 Å². The molecule has 0 aliphatic heterocycles. The first-order chi connectivity index (χ1) is 8.50. The lowest BCUT2D eigenvalue weighted by atomic mass is 10.1. The standard InChI is InChI=1S/C9H7N5O4/c10-9(16)8-7(11-13-12-8)4-1-2-5(14(17)18)6(15)3-4/h1-3,15H,(H2,10,16)(H,11,12,13). The largest absolute Gasteiger partial charge is 0.502 e. The Morgan fingerprint density at radius 3 is 2.72 bits per heavy atom. The number of carbonyl (C=O) groups excluding carboxylic acids is 1. The van der Waals surface area contributed by atoms with E-state index >= 15 is 0 Å². The molecule has 1 amide bonds. The fourth-order valence-corrected chi connectivity index (χ4v) is 1.43. The smallest absolute Gasteiger partial charge is 0.310 e. The maximum Gasteiger partial charge on any atom is 0.310 e. The highest BCUT2D eigenvalue weighted by molar-refractivity contribution is 5.96. The van der Waals surface area contributed by atoms with E-state index in [2.05, 4.69) is 15.4 Å². The molecule has 4 N–H and O–H groups in total. The number of nitrogens with zero attached hydrogens (tertiary/aromatic N) is 3. The molecular weight excluding hydrogens is 242 g/mol. The van der Waals surface area contributed by atoms with Crippen molar-refractivity contribution in [3.8, 4) is 17.0 Å². The van der Waals surface area contributed by atoms with Crippen LogP contribution < -0.4 is 5.73 Å². The van der Waals surface area contributed by atoms with Gasteiger partial charge in [0.2, 0.25) is 0 Å². The third kappa shape index (κ3) is 1.84. The number of primary amides is 1. The van der Waals surface area contributed by atoms with Gasteiger partial charge in [-0.1, -0.05) is 0 Å². The van der Waals surface area contributed by atoms with Crippen LogP contribution in [0.5, 0.6) is 5.75 Å². The van der Waals surface area contributed by atoms with Gasteiger partial charge in [-0.3, -0.25) is 14.9 Å². The Kier molecular flexibility index (Phi) is 2.64. The maximum atomic E-state index is 11.0. The molecule has 9 nitrogen and oxygen atoms in total. The number of aromatic hydroxyl groups is 1. The summed E-state index contributed by atoms with van der Waals surface area (Å²) in [5.41, 5.74) is 4.94. The summed E-state index contributed by atoms with van der Waals surface area (Å²) in [4.78, 5) is 20.9. The van der Waals surface area contributed by atoms with Gasteiger partial charge in [-0.15, -0.1) is 0 Å². The number of nitrogens with one attached hydrogen (secondary N) is 1. The van der Waals surface area contributed by atoms with Crippen LogP contribution in [0, 0.1) is 10.1 Å². The van der Waals surface area contributed by atoms with Crippen molar-refractivity contribution < 1.29 is 14.8 Å². The molecule has 0 fully saturated rings. The number of benzene rings is 1. The van der Waals surface area contributed by atoms with Crippen LogP contribution in [-0.2, 0) is 0 Å². The first-order valence-electron chi connectivity index (χ1n) is 4.69. The molecule has 1 aromatic heterocycles. The number of amides is 1. The molecule has 9 heteroatoms. The van der Waals surface area contributed by atoms with Gasteiger partial charge >= 0.3 is 5.69 Å². The van der Waals surface area contributed by atoms with Gasteiger partial charge in [-0.25, -0.2) is 0 Å². The Morgan fingerprint density at radius 1 is 1.44 bits per heavy atom. The average Bonchev–Trinajstić information content (AvgIpc) is 2.77. The Labute approximate surface area is 99.4 Å². The van der Waals surface area contributed by atoms with Gasteiger partial charge in [0.05, 0.1) is 4.92 Å². The summed E-state index contributed by atoms with van der Waals surface area (Å²) in [7, 11) is 0. The van der Waals surface area contributed by atoms with E-state index < -0.39 is 22.3 Å². The van der Waals surface area contributed by atoms with Crippen LogP contribution in [0.2, 0.25) is 0 Å². The van der Waals surface area contributed by atoms with Crippen LogP contribution in [0.1, 0.15) is 10.5 Å². The lowest BCUT2D eigenvalue weighted by Gasteiger charge is -2.00. The van der Waals surface area contributed by atoms with Crippen LogP contribution in [0.25, 0.3) is 11.3 Å². The average molecular weight is 249 g/mol. The summed E-state index contributed by atoms with van der Waals surface area (Å²) in [5.74, 6) is -1.33. The molecule has 0 saturated carbocycles. The molecule has 0 radical (unpaired) electrons. The summed E-state index contributed by atoms with van der Waals surface area (Å²) in [6.07, 6.45) is 0. The second-order valence-corrected chi connectivity index (χ2v) is 3.35. The van der Waals surface area contributed by atoms with Gasteiger partial charge < -0.3 is 10.8 Å². The number of carbonyl (C=O) groups is 1. The van der Waals surface area contributed by atoms with E-state index in [0.29, 0.717) is 5.56 Å². The van der Waals surface area contributed by atoms with Crippen LogP contribution in [0.15, 0.2) is 18.2 Å². The summed E-state index contributed by atoms with van der Waals surface area (Å²) in [6.45, 7) is 0.